The molecule has 0 radical (unpaired) electrons. The molecule has 6 nitrogen and oxygen atoms in total. The van der Waals surface area contributed by atoms with Crippen molar-refractivity contribution in [3.05, 3.63) is 88.5 Å². The van der Waals surface area contributed by atoms with Crippen molar-refractivity contribution in [2.24, 2.45) is 0 Å². The highest BCUT2D eigenvalue weighted by Gasteiger charge is 2.28. The number of rotatable bonds is 5. The van der Waals surface area contributed by atoms with E-state index >= 15 is 0 Å². The van der Waals surface area contributed by atoms with Crippen molar-refractivity contribution in [1.29, 1.82) is 0 Å². The number of benzene rings is 3. The number of aromatic hydroxyl groups is 1. The van der Waals surface area contributed by atoms with E-state index in [9.17, 15) is 5.11 Å². The van der Waals surface area contributed by atoms with Crippen LogP contribution < -0.4 is 24.8 Å². The summed E-state index contributed by atoms with van der Waals surface area (Å²) in [4.78, 5) is 0. The van der Waals surface area contributed by atoms with Crippen LogP contribution >= 0.6 is 11.6 Å². The van der Waals surface area contributed by atoms with Gasteiger partial charge in [0.2, 0.25) is 6.79 Å². The Hall–Kier alpha value is -3.35. The molecular formula is C25H23ClN2O4. The number of fused-ring (bicyclic) bond motifs is 1. The first kappa shape index (κ1) is 20.5. The van der Waals surface area contributed by atoms with Gasteiger partial charge in [-0.15, -0.1) is 0 Å². The third kappa shape index (κ3) is 3.83. The van der Waals surface area contributed by atoms with Gasteiger partial charge in [-0.1, -0.05) is 41.9 Å². The number of halogens is 1. The van der Waals surface area contributed by atoms with Gasteiger partial charge in [0, 0.05) is 27.4 Å². The lowest BCUT2D eigenvalue weighted by molar-refractivity contribution is 0.174. The van der Waals surface area contributed by atoms with Gasteiger partial charge in [0.15, 0.2) is 23.0 Å². The van der Waals surface area contributed by atoms with Crippen LogP contribution in [0.2, 0.25) is 5.02 Å². The largest absolute Gasteiger partial charge is 0.504 e. The van der Waals surface area contributed by atoms with Gasteiger partial charge in [0.05, 0.1) is 12.6 Å². The van der Waals surface area contributed by atoms with Gasteiger partial charge in [0.1, 0.15) is 6.17 Å². The predicted octanol–water partition coefficient (Wildman–Crippen LogP) is 5.15. The first-order valence-corrected chi connectivity index (χ1v) is 10.9. The summed E-state index contributed by atoms with van der Waals surface area (Å²) in [6.07, 6.45) is 1.75. The van der Waals surface area contributed by atoms with E-state index in [-0.39, 0.29) is 24.8 Å². The molecule has 2 heterocycles. The van der Waals surface area contributed by atoms with Crippen LogP contribution in [0.3, 0.4) is 0 Å². The minimum atomic E-state index is -0.293. The summed E-state index contributed by atoms with van der Waals surface area (Å²) in [6.45, 7) is 2.58. The van der Waals surface area contributed by atoms with E-state index in [4.69, 9.17) is 25.8 Å². The lowest BCUT2D eigenvalue weighted by Gasteiger charge is -2.34. The maximum Gasteiger partial charge on any atom is 0.231 e. The fourth-order valence-corrected chi connectivity index (χ4v) is 4.25. The number of ether oxygens (including phenoxy) is 3. The zero-order valence-corrected chi connectivity index (χ0v) is 18.2. The van der Waals surface area contributed by atoms with Crippen LogP contribution in [-0.4, -0.2) is 18.5 Å². The molecular weight excluding hydrogens is 428 g/mol. The Morgan fingerprint density at radius 1 is 1.03 bits per heavy atom. The summed E-state index contributed by atoms with van der Waals surface area (Å²) in [5.41, 5.74) is 3.45. The normalized spacial score (nSPS) is 19.2. The van der Waals surface area contributed by atoms with Crippen LogP contribution in [0.4, 0.5) is 0 Å². The first-order valence-electron chi connectivity index (χ1n) is 10.5. The zero-order chi connectivity index (χ0) is 22.1. The summed E-state index contributed by atoms with van der Waals surface area (Å²) in [5.74, 6) is 2.01. The van der Waals surface area contributed by atoms with Crippen molar-refractivity contribution in [2.45, 2.75) is 19.1 Å². The van der Waals surface area contributed by atoms with Gasteiger partial charge < -0.3 is 24.6 Å². The molecule has 2 unspecified atom stereocenters. The highest BCUT2D eigenvalue weighted by molar-refractivity contribution is 6.31. The van der Waals surface area contributed by atoms with Crippen LogP contribution in [0.1, 0.15) is 35.8 Å². The van der Waals surface area contributed by atoms with E-state index in [0.717, 1.165) is 22.6 Å². The molecule has 0 aromatic heterocycles. The average molecular weight is 451 g/mol. The summed E-state index contributed by atoms with van der Waals surface area (Å²) < 4.78 is 16.6. The number of phenols is 1. The number of hydrogen-bond donors (Lipinski definition) is 3. The monoisotopic (exact) mass is 450 g/mol. The van der Waals surface area contributed by atoms with E-state index in [1.54, 1.807) is 6.07 Å². The van der Waals surface area contributed by atoms with Crippen molar-refractivity contribution in [3.63, 3.8) is 0 Å². The molecule has 5 rings (SSSR count). The number of para-hydroxylation sites is 1. The quantitative estimate of drug-likeness (QED) is 0.499. The molecule has 0 bridgehead atoms. The lowest BCUT2D eigenvalue weighted by Crippen LogP contribution is -2.39. The molecule has 0 amide bonds. The lowest BCUT2D eigenvalue weighted by atomic mass is 9.97. The SMILES string of the molecule is CCOc1cccc(C2C=C(c3ccc4c(c3)OCO4)NC(c3ccccc3Cl)N2)c1O. The fraction of sp³-hybridized carbons (Fsp3) is 0.200. The molecule has 32 heavy (non-hydrogen) atoms. The molecule has 7 heteroatoms. The topological polar surface area (TPSA) is 72.0 Å². The molecule has 3 aromatic carbocycles. The van der Waals surface area contributed by atoms with Crippen LogP contribution in [-0.2, 0) is 0 Å². The minimum Gasteiger partial charge on any atom is -0.504 e. The van der Waals surface area contributed by atoms with Crippen molar-refractivity contribution in [2.75, 3.05) is 13.4 Å². The number of nitrogens with one attached hydrogen (secondary N) is 2. The van der Waals surface area contributed by atoms with Gasteiger partial charge in [0.25, 0.3) is 0 Å². The predicted molar refractivity (Wildman–Crippen MR) is 123 cm³/mol. The van der Waals surface area contributed by atoms with Crippen molar-refractivity contribution in [3.8, 4) is 23.0 Å². The highest BCUT2D eigenvalue weighted by Crippen LogP contribution is 2.40. The second kappa shape index (κ2) is 8.65. The molecule has 164 valence electrons. The smallest absolute Gasteiger partial charge is 0.231 e. The van der Waals surface area contributed by atoms with Crippen molar-refractivity contribution < 1.29 is 19.3 Å². The molecule has 0 aliphatic carbocycles. The Bertz CT molecular complexity index is 1180. The number of hydrogen-bond acceptors (Lipinski definition) is 6. The summed E-state index contributed by atoms with van der Waals surface area (Å²) in [6, 6.07) is 18.7. The maximum absolute atomic E-state index is 10.9. The Morgan fingerprint density at radius 2 is 1.84 bits per heavy atom. The zero-order valence-electron chi connectivity index (χ0n) is 17.5. The minimum absolute atomic E-state index is 0.118. The van der Waals surface area contributed by atoms with E-state index in [1.165, 1.54) is 0 Å². The summed E-state index contributed by atoms with van der Waals surface area (Å²) in [7, 11) is 0. The van der Waals surface area contributed by atoms with Gasteiger partial charge in [-0.05, 0) is 43.3 Å². The van der Waals surface area contributed by atoms with Crippen molar-refractivity contribution >= 4 is 17.3 Å². The molecule has 0 saturated carbocycles. The Morgan fingerprint density at radius 3 is 2.69 bits per heavy atom. The van der Waals surface area contributed by atoms with Gasteiger partial charge >= 0.3 is 0 Å². The molecule has 2 aliphatic heterocycles. The molecule has 0 saturated heterocycles. The fourth-order valence-electron chi connectivity index (χ4n) is 4.00. The number of phenolic OH excluding ortho intramolecular Hbond substituents is 1. The summed E-state index contributed by atoms with van der Waals surface area (Å²) >= 11 is 6.51. The van der Waals surface area contributed by atoms with E-state index in [2.05, 4.69) is 10.6 Å². The van der Waals surface area contributed by atoms with E-state index in [1.807, 2.05) is 67.6 Å². The second-order valence-corrected chi connectivity index (χ2v) is 7.93. The molecule has 3 N–H and O–H groups in total. The van der Waals surface area contributed by atoms with Crippen LogP contribution in [0.15, 0.2) is 66.7 Å². The average Bonchev–Trinajstić information content (AvgIpc) is 3.28. The van der Waals surface area contributed by atoms with Gasteiger partial charge in [-0.3, -0.25) is 5.32 Å². The molecule has 0 spiro atoms. The molecule has 3 aromatic rings. The molecule has 0 fully saturated rings. The van der Waals surface area contributed by atoms with E-state index < -0.39 is 0 Å². The standard InChI is InChI=1S/C25H23ClN2O4/c1-2-30-22-9-5-7-17(24(22)29)20-13-19(15-10-11-21-23(12-15)32-14-31-21)27-25(28-20)16-6-3-4-8-18(16)26/h3-13,20,25,27-29H,2,14H2,1H3. The maximum atomic E-state index is 10.9. The van der Waals surface area contributed by atoms with Crippen LogP contribution in [0.25, 0.3) is 5.70 Å². The van der Waals surface area contributed by atoms with Crippen molar-refractivity contribution in [1.82, 2.24) is 10.6 Å². The van der Waals surface area contributed by atoms with Gasteiger partial charge in [-0.2, -0.15) is 0 Å². The summed E-state index contributed by atoms with van der Waals surface area (Å²) in [5, 5.41) is 18.6. The van der Waals surface area contributed by atoms with Crippen LogP contribution in [0.5, 0.6) is 23.0 Å². The Labute approximate surface area is 191 Å². The molecule has 2 atom stereocenters. The van der Waals surface area contributed by atoms with Gasteiger partial charge in [-0.25, -0.2) is 0 Å². The van der Waals surface area contributed by atoms with E-state index in [0.29, 0.717) is 28.7 Å². The third-order valence-electron chi connectivity index (χ3n) is 5.54. The first-order chi connectivity index (χ1) is 15.6. The Balaban J connectivity index is 1.58. The van der Waals surface area contributed by atoms with Crippen LogP contribution in [0, 0.1) is 0 Å². The third-order valence-corrected chi connectivity index (χ3v) is 5.89. The second-order valence-electron chi connectivity index (χ2n) is 7.52. The Kier molecular flexibility index (Phi) is 5.55. The molecule has 2 aliphatic rings. The highest BCUT2D eigenvalue weighted by atomic mass is 35.5.